The van der Waals surface area contributed by atoms with Crippen molar-refractivity contribution in [1.29, 1.82) is 0 Å². The van der Waals surface area contributed by atoms with Gasteiger partial charge < -0.3 is 14.6 Å². The molecule has 1 aromatic carbocycles. The molecule has 0 aliphatic heterocycles. The molecule has 25 heavy (non-hydrogen) atoms. The van der Waals surface area contributed by atoms with E-state index >= 15 is 0 Å². The van der Waals surface area contributed by atoms with Gasteiger partial charge in [-0.1, -0.05) is 5.16 Å². The first-order chi connectivity index (χ1) is 12.2. The van der Waals surface area contributed by atoms with Gasteiger partial charge in [-0.3, -0.25) is 9.20 Å². The Bertz CT molecular complexity index is 1000. The molecule has 4 aromatic rings. The summed E-state index contributed by atoms with van der Waals surface area (Å²) in [5.41, 5.74) is 2.72. The molecule has 0 spiro atoms. The molecule has 0 atom stereocenters. The van der Waals surface area contributed by atoms with Crippen molar-refractivity contribution in [1.82, 2.24) is 14.5 Å². The summed E-state index contributed by atoms with van der Waals surface area (Å²) in [4.78, 5) is 17.6. The molecule has 1 N–H and O–H groups in total. The first kappa shape index (κ1) is 15.4. The van der Waals surface area contributed by atoms with Crippen LogP contribution in [0.3, 0.4) is 0 Å². The molecule has 4 rings (SSSR count). The number of imidazole rings is 1. The normalized spacial score (nSPS) is 10.9. The van der Waals surface area contributed by atoms with Crippen LogP contribution in [0, 0.1) is 0 Å². The summed E-state index contributed by atoms with van der Waals surface area (Å²) in [6.45, 7) is 0. The smallest absolute Gasteiger partial charge is 0.231 e. The molecule has 0 saturated heterocycles. The number of benzene rings is 1. The molecule has 0 bridgehead atoms. The van der Waals surface area contributed by atoms with Crippen molar-refractivity contribution in [3.05, 3.63) is 53.9 Å². The van der Waals surface area contributed by atoms with Crippen LogP contribution in [-0.4, -0.2) is 27.6 Å². The first-order valence-electron chi connectivity index (χ1n) is 7.53. The number of carbonyl (C=O) groups excluding carboxylic acids is 1. The average molecular weight is 354 g/mol. The van der Waals surface area contributed by atoms with Crippen LogP contribution in [0.2, 0.25) is 0 Å². The number of aromatic nitrogens is 3. The number of methoxy groups -OCH3 is 1. The molecular formula is C17H14N4O3S. The Morgan fingerprint density at radius 1 is 1.32 bits per heavy atom. The highest BCUT2D eigenvalue weighted by molar-refractivity contribution is 7.15. The van der Waals surface area contributed by atoms with Gasteiger partial charge in [-0.2, -0.15) is 0 Å². The highest BCUT2D eigenvalue weighted by Gasteiger charge is 2.13. The van der Waals surface area contributed by atoms with Gasteiger partial charge in [-0.15, -0.1) is 11.3 Å². The Kier molecular flexibility index (Phi) is 3.95. The maximum atomic E-state index is 12.1. The van der Waals surface area contributed by atoms with Gasteiger partial charge in [0.1, 0.15) is 12.0 Å². The SMILES string of the molecule is COc1ccc(-c2cn3c(CC(=O)Nc4ccon4)csc3n2)cc1. The highest BCUT2D eigenvalue weighted by Crippen LogP contribution is 2.25. The zero-order valence-electron chi connectivity index (χ0n) is 13.3. The molecule has 7 nitrogen and oxygen atoms in total. The molecule has 3 heterocycles. The number of nitrogens with zero attached hydrogens (tertiary/aromatic N) is 3. The van der Waals surface area contributed by atoms with Crippen LogP contribution in [0.4, 0.5) is 5.82 Å². The van der Waals surface area contributed by atoms with E-state index in [0.29, 0.717) is 5.82 Å². The number of carbonyl (C=O) groups is 1. The number of hydrogen-bond acceptors (Lipinski definition) is 6. The highest BCUT2D eigenvalue weighted by atomic mass is 32.1. The Balaban J connectivity index is 1.56. The van der Waals surface area contributed by atoms with Crippen molar-refractivity contribution >= 4 is 28.0 Å². The van der Waals surface area contributed by atoms with E-state index < -0.39 is 0 Å². The quantitative estimate of drug-likeness (QED) is 0.595. The fourth-order valence-corrected chi connectivity index (χ4v) is 3.36. The van der Waals surface area contributed by atoms with Gasteiger partial charge in [0.05, 0.1) is 19.2 Å². The van der Waals surface area contributed by atoms with Crippen molar-refractivity contribution in [2.24, 2.45) is 0 Å². The van der Waals surface area contributed by atoms with Crippen LogP contribution in [0.15, 0.2) is 52.7 Å². The predicted octanol–water partition coefficient (Wildman–Crippen LogP) is 3.24. The molecule has 0 unspecified atom stereocenters. The van der Waals surface area contributed by atoms with E-state index in [9.17, 15) is 4.79 Å². The van der Waals surface area contributed by atoms with E-state index in [2.05, 4.69) is 15.5 Å². The molecule has 8 heteroatoms. The minimum absolute atomic E-state index is 0.159. The summed E-state index contributed by atoms with van der Waals surface area (Å²) in [6, 6.07) is 9.31. The molecule has 126 valence electrons. The van der Waals surface area contributed by atoms with E-state index in [-0.39, 0.29) is 12.3 Å². The molecule has 0 aliphatic carbocycles. The van der Waals surface area contributed by atoms with Crippen LogP contribution in [0.5, 0.6) is 5.75 Å². The second-order valence-corrected chi connectivity index (χ2v) is 6.18. The van der Waals surface area contributed by atoms with Crippen LogP contribution in [-0.2, 0) is 11.2 Å². The van der Waals surface area contributed by atoms with E-state index in [4.69, 9.17) is 9.26 Å². The number of rotatable bonds is 5. The molecule has 0 radical (unpaired) electrons. The predicted molar refractivity (Wildman–Crippen MR) is 93.9 cm³/mol. The largest absolute Gasteiger partial charge is 0.497 e. The minimum atomic E-state index is -0.159. The zero-order chi connectivity index (χ0) is 17.2. The lowest BCUT2D eigenvalue weighted by atomic mass is 10.2. The fourth-order valence-electron chi connectivity index (χ4n) is 2.49. The fraction of sp³-hybridized carbons (Fsp3) is 0.118. The third-order valence-electron chi connectivity index (χ3n) is 3.72. The Morgan fingerprint density at radius 3 is 2.88 bits per heavy atom. The number of hydrogen-bond donors (Lipinski definition) is 1. The summed E-state index contributed by atoms with van der Waals surface area (Å²) in [5, 5.41) is 8.29. The Labute approximate surface area is 146 Å². The molecule has 3 aromatic heterocycles. The lowest BCUT2D eigenvalue weighted by molar-refractivity contribution is -0.115. The average Bonchev–Trinajstić information content (AvgIpc) is 3.34. The topological polar surface area (TPSA) is 81.7 Å². The van der Waals surface area contributed by atoms with Crippen molar-refractivity contribution in [3.63, 3.8) is 0 Å². The van der Waals surface area contributed by atoms with Crippen LogP contribution < -0.4 is 10.1 Å². The number of ether oxygens (including phenoxy) is 1. The first-order valence-corrected chi connectivity index (χ1v) is 8.41. The van der Waals surface area contributed by atoms with Gasteiger partial charge in [0.15, 0.2) is 10.8 Å². The van der Waals surface area contributed by atoms with E-state index in [1.165, 1.54) is 17.6 Å². The third-order valence-corrected chi connectivity index (χ3v) is 4.60. The second-order valence-electron chi connectivity index (χ2n) is 5.34. The number of thiazole rings is 1. The molecule has 0 aliphatic rings. The van der Waals surface area contributed by atoms with Crippen molar-refractivity contribution in [2.75, 3.05) is 12.4 Å². The number of nitrogens with one attached hydrogen (secondary N) is 1. The minimum Gasteiger partial charge on any atom is -0.497 e. The van der Waals surface area contributed by atoms with Gasteiger partial charge in [0.2, 0.25) is 5.91 Å². The number of anilines is 1. The second kappa shape index (κ2) is 6.40. The van der Waals surface area contributed by atoms with Crippen molar-refractivity contribution in [2.45, 2.75) is 6.42 Å². The Hall–Kier alpha value is -3.13. The maximum absolute atomic E-state index is 12.1. The lowest BCUT2D eigenvalue weighted by Gasteiger charge is -2.01. The zero-order valence-corrected chi connectivity index (χ0v) is 14.1. The number of amides is 1. The van der Waals surface area contributed by atoms with Gasteiger partial charge >= 0.3 is 0 Å². The lowest BCUT2D eigenvalue weighted by Crippen LogP contribution is -2.15. The third kappa shape index (κ3) is 3.11. The summed E-state index contributed by atoms with van der Waals surface area (Å²) in [7, 11) is 1.64. The summed E-state index contributed by atoms with van der Waals surface area (Å²) >= 11 is 1.50. The van der Waals surface area contributed by atoms with Crippen molar-refractivity contribution in [3.8, 4) is 17.0 Å². The van der Waals surface area contributed by atoms with Crippen LogP contribution >= 0.6 is 11.3 Å². The molecular weight excluding hydrogens is 340 g/mol. The van der Waals surface area contributed by atoms with E-state index in [1.54, 1.807) is 13.2 Å². The molecule has 0 fully saturated rings. The van der Waals surface area contributed by atoms with Gasteiger partial charge in [0.25, 0.3) is 0 Å². The van der Waals surface area contributed by atoms with E-state index in [0.717, 1.165) is 27.7 Å². The summed E-state index contributed by atoms with van der Waals surface area (Å²) in [6.07, 6.45) is 3.58. The van der Waals surface area contributed by atoms with Crippen molar-refractivity contribution < 1.29 is 14.1 Å². The maximum Gasteiger partial charge on any atom is 0.231 e. The van der Waals surface area contributed by atoms with Gasteiger partial charge in [-0.25, -0.2) is 4.98 Å². The monoisotopic (exact) mass is 354 g/mol. The summed E-state index contributed by atoms with van der Waals surface area (Å²) < 4.78 is 11.8. The molecule has 0 saturated carbocycles. The summed E-state index contributed by atoms with van der Waals surface area (Å²) in [5.74, 6) is 1.05. The van der Waals surface area contributed by atoms with Gasteiger partial charge in [-0.05, 0) is 24.3 Å². The molecule has 1 amide bonds. The standard InChI is InChI=1S/C17H14N4O3S/c1-23-13-4-2-11(3-5-13)14-9-21-12(10-25-17(21)18-14)8-16(22)19-15-6-7-24-20-15/h2-7,9-10H,8H2,1H3,(H,19,20,22). The van der Waals surface area contributed by atoms with Crippen LogP contribution in [0.1, 0.15) is 5.69 Å². The Morgan fingerprint density at radius 2 is 2.16 bits per heavy atom. The van der Waals surface area contributed by atoms with E-state index in [1.807, 2.05) is 40.2 Å². The van der Waals surface area contributed by atoms with Crippen LogP contribution in [0.25, 0.3) is 16.2 Å². The van der Waals surface area contributed by atoms with Gasteiger partial charge in [0, 0.05) is 28.9 Å². The number of fused-ring (bicyclic) bond motifs is 1.